The van der Waals surface area contributed by atoms with Crippen LogP contribution in [-0.2, 0) is 17.8 Å². The molecule has 0 saturated heterocycles. The summed E-state index contributed by atoms with van der Waals surface area (Å²) in [6.45, 7) is 5.29. The van der Waals surface area contributed by atoms with Crippen molar-refractivity contribution in [3.8, 4) is 0 Å². The Morgan fingerprint density at radius 1 is 1.35 bits per heavy atom. The number of rotatable bonds is 4. The summed E-state index contributed by atoms with van der Waals surface area (Å²) < 4.78 is 7.63. The third-order valence-corrected chi connectivity index (χ3v) is 3.75. The summed E-state index contributed by atoms with van der Waals surface area (Å²) in [4.78, 5) is 7.03. The van der Waals surface area contributed by atoms with Crippen LogP contribution >= 0.6 is 0 Å². The minimum absolute atomic E-state index is 0.592. The van der Waals surface area contributed by atoms with Crippen LogP contribution in [0.2, 0.25) is 0 Å². The van der Waals surface area contributed by atoms with Crippen LogP contribution in [0.25, 0.3) is 0 Å². The predicted octanol–water partition coefficient (Wildman–Crippen LogP) is 1.37. The molecule has 1 fully saturated rings. The number of aromatic nitrogens is 2. The number of hydrogen-bond acceptors (Lipinski definition) is 3. The van der Waals surface area contributed by atoms with E-state index in [1.165, 1.54) is 25.2 Å². The maximum absolute atomic E-state index is 5.34. The Morgan fingerprint density at radius 2 is 2.24 bits per heavy atom. The highest BCUT2D eigenvalue weighted by molar-refractivity contribution is 4.96. The van der Waals surface area contributed by atoms with Crippen molar-refractivity contribution < 1.29 is 4.74 Å². The van der Waals surface area contributed by atoms with Crippen LogP contribution in [0.4, 0.5) is 0 Å². The average molecular weight is 235 g/mol. The summed E-state index contributed by atoms with van der Waals surface area (Å²) in [5.74, 6) is 2.75. The van der Waals surface area contributed by atoms with E-state index < -0.39 is 0 Å². The monoisotopic (exact) mass is 235 g/mol. The number of hydrogen-bond donors (Lipinski definition) is 0. The van der Waals surface area contributed by atoms with Crippen molar-refractivity contribution in [1.29, 1.82) is 0 Å². The van der Waals surface area contributed by atoms with E-state index in [0.717, 1.165) is 32.2 Å². The van der Waals surface area contributed by atoms with Gasteiger partial charge in [-0.2, -0.15) is 0 Å². The molecule has 2 heterocycles. The lowest BCUT2D eigenvalue weighted by molar-refractivity contribution is 0.116. The normalized spacial score (nSPS) is 25.6. The minimum Gasteiger partial charge on any atom is -0.384 e. The van der Waals surface area contributed by atoms with Crippen molar-refractivity contribution in [2.45, 2.75) is 25.9 Å². The highest BCUT2D eigenvalue weighted by atomic mass is 16.5. The van der Waals surface area contributed by atoms with Gasteiger partial charge in [0.05, 0.1) is 13.2 Å². The smallest absolute Gasteiger partial charge is 0.122 e. The van der Waals surface area contributed by atoms with Crippen LogP contribution in [0.15, 0.2) is 12.4 Å². The first kappa shape index (κ1) is 11.2. The van der Waals surface area contributed by atoms with Crippen molar-refractivity contribution in [2.75, 3.05) is 26.8 Å². The zero-order valence-electron chi connectivity index (χ0n) is 10.5. The first-order valence-corrected chi connectivity index (χ1v) is 6.56. The van der Waals surface area contributed by atoms with Gasteiger partial charge in [-0.05, 0) is 18.8 Å². The molecule has 0 spiro atoms. The maximum atomic E-state index is 5.34. The molecule has 1 unspecified atom stereocenters. The van der Waals surface area contributed by atoms with Crippen molar-refractivity contribution in [3.63, 3.8) is 0 Å². The highest BCUT2D eigenvalue weighted by Crippen LogP contribution is 2.31. The van der Waals surface area contributed by atoms with E-state index in [0.29, 0.717) is 5.92 Å². The lowest BCUT2D eigenvalue weighted by Crippen LogP contribution is -2.31. The Kier molecular flexibility index (Phi) is 3.16. The number of nitrogens with zero attached hydrogens (tertiary/aromatic N) is 3. The minimum atomic E-state index is 0.592. The number of ether oxygens (including phenoxy) is 1. The molecule has 1 atom stereocenters. The third-order valence-electron chi connectivity index (χ3n) is 3.75. The van der Waals surface area contributed by atoms with E-state index in [1.807, 2.05) is 6.20 Å². The van der Waals surface area contributed by atoms with Crippen molar-refractivity contribution in [3.05, 3.63) is 18.2 Å². The van der Waals surface area contributed by atoms with E-state index in [1.54, 1.807) is 7.11 Å². The molecule has 3 rings (SSSR count). The average Bonchev–Trinajstić information content (AvgIpc) is 3.04. The maximum Gasteiger partial charge on any atom is 0.122 e. The van der Waals surface area contributed by atoms with Gasteiger partial charge in [-0.25, -0.2) is 4.98 Å². The molecule has 0 N–H and O–H groups in total. The van der Waals surface area contributed by atoms with Crippen LogP contribution in [0, 0.1) is 11.8 Å². The van der Waals surface area contributed by atoms with E-state index >= 15 is 0 Å². The molecular weight excluding hydrogens is 214 g/mol. The molecular formula is C13H21N3O. The molecule has 2 aliphatic rings. The van der Waals surface area contributed by atoms with Gasteiger partial charge in [0.2, 0.25) is 0 Å². The first-order chi connectivity index (χ1) is 8.35. The van der Waals surface area contributed by atoms with Crippen LogP contribution < -0.4 is 0 Å². The van der Waals surface area contributed by atoms with Crippen LogP contribution in [-0.4, -0.2) is 41.3 Å². The molecule has 1 saturated carbocycles. The molecule has 4 heteroatoms. The molecule has 1 aromatic rings. The topological polar surface area (TPSA) is 30.3 Å². The first-order valence-electron chi connectivity index (χ1n) is 6.56. The zero-order chi connectivity index (χ0) is 11.7. The third kappa shape index (κ3) is 2.69. The Balaban J connectivity index is 1.72. The van der Waals surface area contributed by atoms with Gasteiger partial charge in [0.15, 0.2) is 0 Å². The number of fused-ring (bicyclic) bond motifs is 1. The molecule has 1 aliphatic heterocycles. The summed E-state index contributed by atoms with van der Waals surface area (Å²) in [7, 11) is 1.80. The molecule has 0 bridgehead atoms. The summed E-state index contributed by atoms with van der Waals surface area (Å²) >= 11 is 0. The lowest BCUT2D eigenvalue weighted by atomic mass is 10.1. The van der Waals surface area contributed by atoms with Crippen LogP contribution in [0.3, 0.4) is 0 Å². The fraction of sp³-hybridized carbons (Fsp3) is 0.769. The quantitative estimate of drug-likeness (QED) is 0.789. The molecule has 0 radical (unpaired) electrons. The van der Waals surface area contributed by atoms with Gasteiger partial charge < -0.3 is 9.30 Å². The second-order valence-electron chi connectivity index (χ2n) is 5.45. The number of methoxy groups -OCH3 is 1. The molecule has 0 amide bonds. The molecule has 17 heavy (non-hydrogen) atoms. The van der Waals surface area contributed by atoms with Gasteiger partial charge in [0.25, 0.3) is 0 Å². The van der Waals surface area contributed by atoms with Gasteiger partial charge in [-0.1, -0.05) is 0 Å². The van der Waals surface area contributed by atoms with Gasteiger partial charge in [0, 0.05) is 45.1 Å². The molecule has 0 aromatic carbocycles. The lowest BCUT2D eigenvalue weighted by Gasteiger charge is -2.23. The van der Waals surface area contributed by atoms with Crippen molar-refractivity contribution in [1.82, 2.24) is 14.5 Å². The Labute approximate surface area is 103 Å². The van der Waals surface area contributed by atoms with Crippen molar-refractivity contribution >= 4 is 0 Å². The van der Waals surface area contributed by atoms with Crippen LogP contribution in [0.5, 0.6) is 0 Å². The van der Waals surface area contributed by atoms with Crippen molar-refractivity contribution in [2.24, 2.45) is 11.8 Å². The molecule has 1 aromatic heterocycles. The fourth-order valence-electron chi connectivity index (χ4n) is 2.77. The Hall–Kier alpha value is -0.870. The van der Waals surface area contributed by atoms with E-state index in [9.17, 15) is 0 Å². The Morgan fingerprint density at radius 3 is 3.00 bits per heavy atom. The number of imidazole rings is 1. The zero-order valence-corrected chi connectivity index (χ0v) is 10.5. The second kappa shape index (κ2) is 4.78. The molecule has 1 aliphatic carbocycles. The Bertz CT molecular complexity index is 372. The van der Waals surface area contributed by atoms with Crippen LogP contribution in [0.1, 0.15) is 18.7 Å². The fourth-order valence-corrected chi connectivity index (χ4v) is 2.77. The summed E-state index contributed by atoms with van der Waals surface area (Å²) in [6.07, 6.45) is 6.85. The van der Waals surface area contributed by atoms with Gasteiger partial charge in [0.1, 0.15) is 5.82 Å². The van der Waals surface area contributed by atoms with Gasteiger partial charge >= 0.3 is 0 Å². The standard InChI is InChI=1S/C13H21N3O/c1-17-10-12-7-15(6-11-2-3-11)9-13-14-4-5-16(13)8-12/h4-5,11-12H,2-3,6-10H2,1H3. The van der Waals surface area contributed by atoms with E-state index in [-0.39, 0.29) is 0 Å². The summed E-state index contributed by atoms with van der Waals surface area (Å²) in [6, 6.07) is 0. The molecule has 94 valence electrons. The highest BCUT2D eigenvalue weighted by Gasteiger charge is 2.28. The molecule has 4 nitrogen and oxygen atoms in total. The van der Waals surface area contributed by atoms with Gasteiger partial charge in [-0.3, -0.25) is 4.90 Å². The summed E-state index contributed by atoms with van der Waals surface area (Å²) in [5, 5.41) is 0. The predicted molar refractivity (Wildman–Crippen MR) is 65.6 cm³/mol. The summed E-state index contributed by atoms with van der Waals surface area (Å²) in [5.41, 5.74) is 0. The van der Waals surface area contributed by atoms with E-state index in [4.69, 9.17) is 4.74 Å². The second-order valence-corrected chi connectivity index (χ2v) is 5.45. The SMILES string of the molecule is COCC1CN(CC2CC2)Cc2nccn2C1. The van der Waals surface area contributed by atoms with Gasteiger partial charge in [-0.15, -0.1) is 0 Å². The largest absolute Gasteiger partial charge is 0.384 e. The van der Waals surface area contributed by atoms with E-state index in [2.05, 4.69) is 20.6 Å².